The molecule has 0 atom stereocenters. The third-order valence-electron chi connectivity index (χ3n) is 3.73. The van der Waals surface area contributed by atoms with Crippen LogP contribution in [0.3, 0.4) is 0 Å². The summed E-state index contributed by atoms with van der Waals surface area (Å²) in [5.41, 5.74) is 5.71. The van der Waals surface area contributed by atoms with Gasteiger partial charge in [-0.15, -0.1) is 0 Å². The molecule has 0 fully saturated rings. The van der Waals surface area contributed by atoms with Crippen molar-refractivity contribution in [1.82, 2.24) is 10.6 Å². The molecule has 166 valence electrons. The lowest BCUT2D eigenvalue weighted by molar-refractivity contribution is -0.116. The van der Waals surface area contributed by atoms with E-state index in [1.807, 2.05) is 78.8 Å². The van der Waals surface area contributed by atoms with Crippen molar-refractivity contribution in [3.05, 3.63) is 89.3 Å². The predicted octanol–water partition coefficient (Wildman–Crippen LogP) is 7.36. The fourth-order valence-corrected chi connectivity index (χ4v) is 2.32. The topological polar surface area (TPSA) is 41.1 Å². The summed E-state index contributed by atoms with van der Waals surface area (Å²) < 4.78 is 0. The molecule has 4 heteroatoms. The van der Waals surface area contributed by atoms with Crippen LogP contribution in [-0.4, -0.2) is 12.5 Å². The third-order valence-corrected chi connectivity index (χ3v) is 4.14. The van der Waals surface area contributed by atoms with Gasteiger partial charge in [0, 0.05) is 35.5 Å². The molecule has 0 unspecified atom stereocenters. The Bertz CT molecular complexity index is 773. The quantitative estimate of drug-likeness (QED) is 0.479. The van der Waals surface area contributed by atoms with Gasteiger partial charge >= 0.3 is 0 Å². The van der Waals surface area contributed by atoms with E-state index in [4.69, 9.17) is 11.6 Å². The van der Waals surface area contributed by atoms with Crippen LogP contribution in [0.15, 0.2) is 73.1 Å². The van der Waals surface area contributed by atoms with Crippen LogP contribution < -0.4 is 10.6 Å². The highest BCUT2D eigenvalue weighted by Crippen LogP contribution is 2.20. The highest BCUT2D eigenvalue weighted by molar-refractivity contribution is 6.31. The van der Waals surface area contributed by atoms with E-state index < -0.39 is 0 Å². The largest absolute Gasteiger partial charge is 0.359 e. The van der Waals surface area contributed by atoms with E-state index in [9.17, 15) is 4.79 Å². The Hall–Kier alpha value is -2.52. The first kappa shape index (κ1) is 29.7. The molecule has 3 nitrogen and oxygen atoms in total. The number of benzene rings is 1. The van der Waals surface area contributed by atoms with Crippen molar-refractivity contribution in [2.75, 3.05) is 6.54 Å². The van der Waals surface area contributed by atoms with E-state index in [1.54, 1.807) is 6.08 Å². The van der Waals surface area contributed by atoms with Crippen LogP contribution in [0.25, 0.3) is 5.57 Å². The maximum atomic E-state index is 11.1. The van der Waals surface area contributed by atoms with Gasteiger partial charge < -0.3 is 10.6 Å². The van der Waals surface area contributed by atoms with Crippen LogP contribution in [0, 0.1) is 6.92 Å². The van der Waals surface area contributed by atoms with E-state index in [1.165, 1.54) is 0 Å². The minimum atomic E-state index is -0.0619. The van der Waals surface area contributed by atoms with Gasteiger partial charge in [0.1, 0.15) is 0 Å². The Morgan fingerprint density at radius 2 is 1.77 bits per heavy atom. The highest BCUT2D eigenvalue weighted by atomic mass is 35.5. The molecule has 0 aliphatic carbocycles. The van der Waals surface area contributed by atoms with Crippen LogP contribution >= 0.6 is 11.6 Å². The van der Waals surface area contributed by atoms with Crippen molar-refractivity contribution < 1.29 is 4.79 Å². The Balaban J connectivity index is 0. The lowest BCUT2D eigenvalue weighted by Gasteiger charge is -2.17. The van der Waals surface area contributed by atoms with Gasteiger partial charge in [-0.2, -0.15) is 0 Å². The van der Waals surface area contributed by atoms with Gasteiger partial charge in [-0.25, -0.2) is 0 Å². The molecule has 1 aromatic rings. The van der Waals surface area contributed by atoms with E-state index in [0.29, 0.717) is 6.54 Å². The highest BCUT2D eigenvalue weighted by Gasteiger charge is 2.09. The smallest absolute Gasteiger partial charge is 0.245 e. The fraction of sp³-hybridized carbons (Fsp3) is 0.346. The van der Waals surface area contributed by atoms with Crippen molar-refractivity contribution >= 4 is 23.1 Å². The molecule has 1 aliphatic heterocycles. The summed E-state index contributed by atoms with van der Waals surface area (Å²) in [6.07, 6.45) is 6.13. The molecule has 1 aliphatic rings. The number of aryl methyl sites for hydroxylation is 1. The van der Waals surface area contributed by atoms with E-state index in [-0.39, 0.29) is 5.91 Å². The molecule has 1 aromatic carbocycles. The average Bonchev–Trinajstić information content (AvgIpc) is 2.73. The average molecular weight is 431 g/mol. The maximum absolute atomic E-state index is 11.1. The molecular weight excluding hydrogens is 392 g/mol. The normalized spacial score (nSPS) is 11.9. The zero-order valence-corrected chi connectivity index (χ0v) is 20.5. The second kappa shape index (κ2) is 17.3. The summed E-state index contributed by atoms with van der Waals surface area (Å²) in [4.78, 5) is 11.1. The van der Waals surface area contributed by atoms with Crippen molar-refractivity contribution in [1.29, 1.82) is 0 Å². The number of allylic oxidation sites excluding steroid dienone is 3. The van der Waals surface area contributed by atoms with Gasteiger partial charge in [0.2, 0.25) is 5.91 Å². The lowest BCUT2D eigenvalue weighted by atomic mass is 10.1. The molecule has 0 aromatic heterocycles. The Morgan fingerprint density at radius 1 is 1.17 bits per heavy atom. The number of amides is 1. The SMILES string of the molecule is C=C(/C=C\C)C(=C)NC1=CC(=O)NCC1.C=C(C)c1ccc(C)c(Cl)c1.CC.CC. The maximum Gasteiger partial charge on any atom is 0.245 e. The molecule has 1 amide bonds. The number of hydrogen-bond acceptors (Lipinski definition) is 2. The van der Waals surface area contributed by atoms with Gasteiger partial charge in [0.15, 0.2) is 0 Å². The van der Waals surface area contributed by atoms with Crippen molar-refractivity contribution in [3.63, 3.8) is 0 Å². The van der Waals surface area contributed by atoms with E-state index in [0.717, 1.165) is 45.1 Å². The standard InChI is InChI=1S/C12H16N2O.C10H11Cl.2C2H6/c1-4-5-9(2)10(3)14-11-6-7-13-12(15)8-11;1-7(2)9-5-4-8(3)10(11)6-9;2*1-2/h4-5,8,14H,2-3,6-7H2,1H3,(H,13,15);4-6H,1H2,2-3H3;2*1-2H3/b5-4-;;;. The van der Waals surface area contributed by atoms with Gasteiger partial charge in [-0.3, -0.25) is 4.79 Å². The van der Waals surface area contributed by atoms with Crippen molar-refractivity contribution in [2.45, 2.75) is 54.9 Å². The number of halogens is 1. The van der Waals surface area contributed by atoms with Gasteiger partial charge in [0.05, 0.1) is 0 Å². The van der Waals surface area contributed by atoms with E-state index in [2.05, 4.69) is 30.4 Å². The van der Waals surface area contributed by atoms with Gasteiger partial charge in [-0.05, 0) is 43.5 Å². The summed E-state index contributed by atoms with van der Waals surface area (Å²) >= 11 is 5.92. The zero-order valence-electron chi connectivity index (χ0n) is 19.8. The van der Waals surface area contributed by atoms with Gasteiger partial charge in [-0.1, -0.05) is 88.9 Å². The summed E-state index contributed by atoms with van der Waals surface area (Å²) in [5, 5.41) is 6.62. The molecular formula is C26H39ClN2O. The van der Waals surface area contributed by atoms with Crippen LogP contribution in [0.1, 0.15) is 59.1 Å². The second-order valence-electron chi connectivity index (χ2n) is 6.08. The minimum absolute atomic E-state index is 0.0619. The minimum Gasteiger partial charge on any atom is -0.359 e. The second-order valence-corrected chi connectivity index (χ2v) is 6.49. The first-order valence-electron chi connectivity index (χ1n) is 10.4. The molecule has 0 radical (unpaired) electrons. The van der Waals surface area contributed by atoms with Gasteiger partial charge in [0.25, 0.3) is 0 Å². The molecule has 1 heterocycles. The molecule has 30 heavy (non-hydrogen) atoms. The summed E-state index contributed by atoms with van der Waals surface area (Å²) in [7, 11) is 0. The number of carbonyl (C=O) groups is 1. The van der Waals surface area contributed by atoms with Crippen molar-refractivity contribution in [3.8, 4) is 0 Å². The summed E-state index contributed by atoms with van der Waals surface area (Å²) in [6.45, 7) is 26.1. The van der Waals surface area contributed by atoms with Crippen LogP contribution in [0.2, 0.25) is 5.02 Å². The summed E-state index contributed by atoms with van der Waals surface area (Å²) in [5.74, 6) is -0.0619. The molecule has 2 rings (SSSR count). The number of nitrogens with one attached hydrogen (secondary N) is 2. The molecule has 0 bridgehead atoms. The first-order valence-corrected chi connectivity index (χ1v) is 10.8. The van der Waals surface area contributed by atoms with Crippen molar-refractivity contribution in [2.24, 2.45) is 0 Å². The fourth-order valence-electron chi connectivity index (χ4n) is 2.13. The Kier molecular flexibility index (Phi) is 17.2. The van der Waals surface area contributed by atoms with E-state index >= 15 is 0 Å². The van der Waals surface area contributed by atoms with Crippen LogP contribution in [-0.2, 0) is 4.79 Å². The summed E-state index contributed by atoms with van der Waals surface area (Å²) in [6, 6.07) is 5.98. The lowest BCUT2D eigenvalue weighted by Crippen LogP contribution is -2.30. The number of hydrogen-bond donors (Lipinski definition) is 2. The van der Waals surface area contributed by atoms with Crippen LogP contribution in [0.5, 0.6) is 0 Å². The monoisotopic (exact) mass is 430 g/mol. The molecule has 0 saturated heterocycles. The predicted molar refractivity (Wildman–Crippen MR) is 136 cm³/mol. The number of rotatable bonds is 5. The molecule has 0 saturated carbocycles. The Labute approximate surface area is 189 Å². The molecule has 2 N–H and O–H groups in total. The third kappa shape index (κ3) is 12.1. The number of carbonyl (C=O) groups excluding carboxylic acids is 1. The Morgan fingerprint density at radius 3 is 2.23 bits per heavy atom. The first-order chi connectivity index (χ1) is 14.2. The zero-order chi connectivity index (χ0) is 23.7. The van der Waals surface area contributed by atoms with Crippen LogP contribution in [0.4, 0.5) is 0 Å². The molecule has 0 spiro atoms.